The molecule has 2 aromatic rings. The summed E-state index contributed by atoms with van der Waals surface area (Å²) in [5.74, 6) is 1.37. The van der Waals surface area contributed by atoms with Crippen molar-refractivity contribution in [1.29, 1.82) is 0 Å². The van der Waals surface area contributed by atoms with Crippen LogP contribution < -0.4 is 10.2 Å². The van der Waals surface area contributed by atoms with Gasteiger partial charge in [-0.2, -0.15) is 5.10 Å². The van der Waals surface area contributed by atoms with E-state index in [0.717, 1.165) is 56.4 Å². The molecular weight excluding hydrogens is 332 g/mol. The molecule has 0 radical (unpaired) electrons. The fourth-order valence-corrected chi connectivity index (χ4v) is 3.50. The molecule has 2 fully saturated rings. The van der Waals surface area contributed by atoms with Crippen molar-refractivity contribution in [3.05, 3.63) is 36.0 Å². The normalized spacial score (nSPS) is 22.7. The SMILES string of the molecule is Cc1ccnn1CC(=O)NC1CC(c2cc(N3CCOCC3)ncn2)C1. The lowest BCUT2D eigenvalue weighted by Gasteiger charge is -2.36. The summed E-state index contributed by atoms with van der Waals surface area (Å²) in [5, 5.41) is 7.24. The third-order valence-corrected chi connectivity index (χ3v) is 5.15. The minimum Gasteiger partial charge on any atom is -0.378 e. The summed E-state index contributed by atoms with van der Waals surface area (Å²) < 4.78 is 7.11. The quantitative estimate of drug-likeness (QED) is 0.856. The first-order chi connectivity index (χ1) is 12.7. The molecule has 2 aliphatic rings. The van der Waals surface area contributed by atoms with Gasteiger partial charge in [-0.25, -0.2) is 9.97 Å². The van der Waals surface area contributed by atoms with Crippen LogP contribution >= 0.6 is 0 Å². The Balaban J connectivity index is 1.29. The minimum absolute atomic E-state index is 0.0111. The van der Waals surface area contributed by atoms with Crippen LogP contribution in [0.25, 0.3) is 0 Å². The van der Waals surface area contributed by atoms with Crippen LogP contribution in [0.2, 0.25) is 0 Å². The second-order valence-corrected chi connectivity index (χ2v) is 6.96. The molecule has 4 rings (SSSR count). The highest BCUT2D eigenvalue weighted by molar-refractivity contribution is 5.76. The molecule has 0 unspecified atom stereocenters. The molecule has 0 spiro atoms. The molecule has 1 saturated carbocycles. The summed E-state index contributed by atoms with van der Waals surface area (Å²) >= 11 is 0. The van der Waals surface area contributed by atoms with Crippen LogP contribution in [0.3, 0.4) is 0 Å². The zero-order valence-corrected chi connectivity index (χ0v) is 15.0. The number of aryl methyl sites for hydroxylation is 1. The fraction of sp³-hybridized carbons (Fsp3) is 0.556. The van der Waals surface area contributed by atoms with E-state index in [1.54, 1.807) is 17.2 Å². The number of amides is 1. The molecule has 1 N–H and O–H groups in total. The summed E-state index contributed by atoms with van der Waals surface area (Å²) in [4.78, 5) is 23.2. The molecule has 1 amide bonds. The molecule has 1 saturated heterocycles. The van der Waals surface area contributed by atoms with Gasteiger partial charge in [0.1, 0.15) is 18.7 Å². The van der Waals surface area contributed by atoms with E-state index in [1.807, 2.05) is 13.0 Å². The summed E-state index contributed by atoms with van der Waals surface area (Å²) in [6.45, 7) is 5.44. The van der Waals surface area contributed by atoms with Crippen molar-refractivity contribution in [3.8, 4) is 0 Å². The Bertz CT molecular complexity index is 765. The van der Waals surface area contributed by atoms with Gasteiger partial charge in [-0.15, -0.1) is 0 Å². The Kier molecular flexibility index (Phi) is 4.83. The van der Waals surface area contributed by atoms with Crippen LogP contribution in [-0.2, 0) is 16.1 Å². The van der Waals surface area contributed by atoms with Gasteiger partial charge in [0.05, 0.1) is 13.2 Å². The van der Waals surface area contributed by atoms with Gasteiger partial charge in [0.25, 0.3) is 0 Å². The monoisotopic (exact) mass is 356 g/mol. The highest BCUT2D eigenvalue weighted by Gasteiger charge is 2.33. The summed E-state index contributed by atoms with van der Waals surface area (Å²) in [7, 11) is 0. The number of anilines is 1. The Hall–Kier alpha value is -2.48. The van der Waals surface area contributed by atoms with E-state index in [4.69, 9.17) is 4.74 Å². The number of carbonyl (C=O) groups is 1. The number of hydrogen-bond donors (Lipinski definition) is 1. The number of morpholine rings is 1. The van der Waals surface area contributed by atoms with E-state index in [2.05, 4.69) is 31.3 Å². The summed E-state index contributed by atoms with van der Waals surface area (Å²) in [5.41, 5.74) is 2.05. The van der Waals surface area contributed by atoms with E-state index >= 15 is 0 Å². The summed E-state index contributed by atoms with van der Waals surface area (Å²) in [6, 6.07) is 4.19. The van der Waals surface area contributed by atoms with Crippen LogP contribution in [0.1, 0.15) is 30.1 Å². The van der Waals surface area contributed by atoms with Gasteiger partial charge in [-0.1, -0.05) is 0 Å². The standard InChI is InChI=1S/C18H24N6O2/c1-13-2-3-21-24(13)11-18(25)22-15-8-14(9-15)16-10-17(20-12-19-16)23-4-6-26-7-5-23/h2-3,10,12,14-15H,4-9,11H2,1H3,(H,22,25). The number of aromatic nitrogens is 4. The largest absolute Gasteiger partial charge is 0.378 e. The Morgan fingerprint density at radius 3 is 2.85 bits per heavy atom. The average Bonchev–Trinajstić information content (AvgIpc) is 3.03. The van der Waals surface area contributed by atoms with Gasteiger partial charge in [-0.3, -0.25) is 9.48 Å². The van der Waals surface area contributed by atoms with Gasteiger partial charge >= 0.3 is 0 Å². The Morgan fingerprint density at radius 2 is 2.12 bits per heavy atom. The minimum atomic E-state index is 0.0111. The number of nitrogens with zero attached hydrogens (tertiary/aromatic N) is 5. The van der Waals surface area contributed by atoms with Gasteiger partial charge in [0.15, 0.2) is 0 Å². The number of hydrogen-bond acceptors (Lipinski definition) is 6. The zero-order chi connectivity index (χ0) is 17.9. The molecular formula is C18H24N6O2. The van der Waals surface area contributed by atoms with Crippen molar-refractivity contribution in [1.82, 2.24) is 25.1 Å². The molecule has 26 heavy (non-hydrogen) atoms. The fourth-order valence-electron chi connectivity index (χ4n) is 3.50. The van der Waals surface area contributed by atoms with E-state index in [1.165, 1.54) is 0 Å². The lowest BCUT2D eigenvalue weighted by atomic mass is 9.78. The second-order valence-electron chi connectivity index (χ2n) is 6.96. The molecule has 0 atom stereocenters. The molecule has 1 aliphatic carbocycles. The molecule has 0 aromatic carbocycles. The predicted octanol–water partition coefficient (Wildman–Crippen LogP) is 0.881. The molecule has 2 aromatic heterocycles. The highest BCUT2D eigenvalue weighted by atomic mass is 16.5. The Morgan fingerprint density at radius 1 is 1.31 bits per heavy atom. The lowest BCUT2D eigenvalue weighted by molar-refractivity contribution is -0.123. The maximum atomic E-state index is 12.2. The maximum Gasteiger partial charge on any atom is 0.241 e. The summed E-state index contributed by atoms with van der Waals surface area (Å²) in [6.07, 6.45) is 5.20. The molecule has 138 valence electrons. The van der Waals surface area contributed by atoms with E-state index < -0.39 is 0 Å². The lowest BCUT2D eigenvalue weighted by Crippen LogP contribution is -2.45. The molecule has 3 heterocycles. The van der Waals surface area contributed by atoms with E-state index in [0.29, 0.717) is 5.92 Å². The van der Waals surface area contributed by atoms with Gasteiger partial charge < -0.3 is 15.0 Å². The predicted molar refractivity (Wildman–Crippen MR) is 95.9 cm³/mol. The van der Waals surface area contributed by atoms with Crippen LogP contribution in [0.4, 0.5) is 5.82 Å². The van der Waals surface area contributed by atoms with Crippen LogP contribution in [-0.4, -0.2) is 58.0 Å². The third-order valence-electron chi connectivity index (χ3n) is 5.15. The molecule has 8 nitrogen and oxygen atoms in total. The van der Waals surface area contributed by atoms with Crippen molar-refractivity contribution in [3.63, 3.8) is 0 Å². The van der Waals surface area contributed by atoms with Crippen molar-refractivity contribution >= 4 is 11.7 Å². The highest BCUT2D eigenvalue weighted by Crippen LogP contribution is 2.36. The van der Waals surface area contributed by atoms with Gasteiger partial charge in [-0.05, 0) is 25.8 Å². The Labute approximate surface area is 152 Å². The smallest absolute Gasteiger partial charge is 0.241 e. The first kappa shape index (κ1) is 17.0. The first-order valence-electron chi connectivity index (χ1n) is 9.11. The first-order valence-corrected chi connectivity index (χ1v) is 9.11. The van der Waals surface area contributed by atoms with Gasteiger partial charge in [0.2, 0.25) is 5.91 Å². The topological polar surface area (TPSA) is 85.2 Å². The van der Waals surface area contributed by atoms with Crippen molar-refractivity contribution in [2.75, 3.05) is 31.2 Å². The zero-order valence-electron chi connectivity index (χ0n) is 15.0. The number of carbonyl (C=O) groups excluding carboxylic acids is 1. The molecule has 0 bridgehead atoms. The van der Waals surface area contributed by atoms with Crippen LogP contribution in [0, 0.1) is 6.92 Å². The maximum absolute atomic E-state index is 12.2. The van der Waals surface area contributed by atoms with E-state index in [-0.39, 0.29) is 18.5 Å². The van der Waals surface area contributed by atoms with Crippen molar-refractivity contribution in [2.24, 2.45) is 0 Å². The second kappa shape index (κ2) is 7.41. The number of ether oxygens (including phenoxy) is 1. The van der Waals surface area contributed by atoms with Crippen molar-refractivity contribution < 1.29 is 9.53 Å². The van der Waals surface area contributed by atoms with Crippen molar-refractivity contribution in [2.45, 2.75) is 38.3 Å². The van der Waals surface area contributed by atoms with E-state index in [9.17, 15) is 4.79 Å². The number of rotatable bonds is 5. The molecule has 8 heteroatoms. The van der Waals surface area contributed by atoms with Crippen LogP contribution in [0.15, 0.2) is 24.7 Å². The third kappa shape index (κ3) is 3.70. The molecule has 1 aliphatic heterocycles. The number of nitrogens with one attached hydrogen (secondary N) is 1. The average molecular weight is 356 g/mol. The van der Waals surface area contributed by atoms with Crippen LogP contribution in [0.5, 0.6) is 0 Å². The van der Waals surface area contributed by atoms with Gasteiger partial charge in [0, 0.05) is 48.7 Å².